The van der Waals surface area contributed by atoms with Gasteiger partial charge in [-0.15, -0.1) is 6.58 Å². The highest BCUT2D eigenvalue weighted by molar-refractivity contribution is 6.05. The maximum absolute atomic E-state index is 12.4. The van der Waals surface area contributed by atoms with Crippen molar-refractivity contribution in [3.05, 3.63) is 24.8 Å². The smallest absolute Gasteiger partial charge is 0.249 e. The first-order valence-corrected chi connectivity index (χ1v) is 6.37. The van der Waals surface area contributed by atoms with Gasteiger partial charge in [0.2, 0.25) is 12.7 Å². The molecule has 2 aliphatic rings. The van der Waals surface area contributed by atoms with E-state index >= 15 is 0 Å². The molecule has 0 fully saturated rings. The summed E-state index contributed by atoms with van der Waals surface area (Å²) in [7, 11) is 0. The Morgan fingerprint density at radius 3 is 2.89 bits per heavy atom. The first-order chi connectivity index (χ1) is 9.24. The van der Waals surface area contributed by atoms with E-state index in [1.807, 2.05) is 19.1 Å². The van der Waals surface area contributed by atoms with Crippen molar-refractivity contribution in [3.8, 4) is 11.5 Å². The second kappa shape index (κ2) is 4.50. The fourth-order valence-electron chi connectivity index (χ4n) is 2.42. The van der Waals surface area contributed by atoms with E-state index < -0.39 is 0 Å². The molecule has 5 heteroatoms. The Morgan fingerprint density at radius 1 is 1.47 bits per heavy atom. The fourth-order valence-corrected chi connectivity index (χ4v) is 2.42. The number of ether oxygens (including phenoxy) is 2. The van der Waals surface area contributed by atoms with Gasteiger partial charge in [0.25, 0.3) is 0 Å². The van der Waals surface area contributed by atoms with E-state index in [4.69, 9.17) is 9.47 Å². The quantitative estimate of drug-likeness (QED) is 0.846. The monoisotopic (exact) mass is 260 g/mol. The predicted molar refractivity (Wildman–Crippen MR) is 72.8 cm³/mol. The predicted octanol–water partition coefficient (Wildman–Crippen LogP) is 2.14. The van der Waals surface area contributed by atoms with Crippen molar-refractivity contribution in [2.75, 3.05) is 23.6 Å². The van der Waals surface area contributed by atoms with Gasteiger partial charge in [-0.05, 0) is 6.42 Å². The van der Waals surface area contributed by atoms with E-state index in [2.05, 4.69) is 11.9 Å². The van der Waals surface area contributed by atoms with E-state index in [1.54, 1.807) is 11.0 Å². The number of carbonyl (C=O) groups is 1. The van der Waals surface area contributed by atoms with Gasteiger partial charge in [-0.3, -0.25) is 4.79 Å². The fraction of sp³-hybridized carbons (Fsp3) is 0.357. The van der Waals surface area contributed by atoms with E-state index in [-0.39, 0.29) is 18.7 Å². The van der Waals surface area contributed by atoms with Crippen LogP contribution in [0.3, 0.4) is 0 Å². The summed E-state index contributed by atoms with van der Waals surface area (Å²) in [5.41, 5.74) is 1.72. The van der Waals surface area contributed by atoms with Gasteiger partial charge in [0.05, 0.1) is 11.4 Å². The highest BCUT2D eigenvalue weighted by atomic mass is 16.7. The third-order valence-electron chi connectivity index (χ3n) is 3.40. The number of benzene rings is 1. The average Bonchev–Trinajstić information content (AvgIpc) is 2.87. The summed E-state index contributed by atoms with van der Waals surface area (Å²) in [6.07, 6.45) is 2.46. The maximum atomic E-state index is 12.4. The lowest BCUT2D eigenvalue weighted by atomic mass is 10.1. The number of anilines is 2. The van der Waals surface area contributed by atoms with Crippen LogP contribution in [0.2, 0.25) is 0 Å². The van der Waals surface area contributed by atoms with Crippen molar-refractivity contribution in [3.63, 3.8) is 0 Å². The minimum atomic E-state index is -0.201. The molecule has 1 unspecified atom stereocenters. The van der Waals surface area contributed by atoms with Gasteiger partial charge in [0, 0.05) is 18.7 Å². The van der Waals surface area contributed by atoms with Crippen LogP contribution in [0.4, 0.5) is 11.4 Å². The second-order valence-corrected chi connectivity index (χ2v) is 4.57. The van der Waals surface area contributed by atoms with Crippen molar-refractivity contribution in [1.29, 1.82) is 0 Å². The molecule has 0 bridgehead atoms. The topological polar surface area (TPSA) is 50.8 Å². The summed E-state index contributed by atoms with van der Waals surface area (Å²) in [6, 6.07) is 3.54. The molecule has 0 radical (unpaired) electrons. The lowest BCUT2D eigenvalue weighted by molar-refractivity contribution is -0.119. The summed E-state index contributed by atoms with van der Waals surface area (Å²) in [6.45, 7) is 6.42. The highest BCUT2D eigenvalue weighted by Crippen LogP contribution is 2.43. The molecule has 0 aliphatic carbocycles. The molecule has 0 saturated carbocycles. The molecule has 1 aromatic rings. The zero-order valence-corrected chi connectivity index (χ0v) is 10.8. The molecular weight excluding hydrogens is 244 g/mol. The van der Waals surface area contributed by atoms with Crippen LogP contribution in [0.5, 0.6) is 11.5 Å². The molecule has 1 aromatic carbocycles. The zero-order valence-electron chi connectivity index (χ0n) is 10.8. The number of carbonyl (C=O) groups excluding carboxylic acids is 1. The summed E-state index contributed by atoms with van der Waals surface area (Å²) >= 11 is 0. The summed E-state index contributed by atoms with van der Waals surface area (Å²) < 4.78 is 10.7. The van der Waals surface area contributed by atoms with Gasteiger partial charge in [-0.2, -0.15) is 0 Å². The number of fused-ring (bicyclic) bond motifs is 2. The number of rotatable bonds is 3. The number of hydrogen-bond donors (Lipinski definition) is 1. The van der Waals surface area contributed by atoms with Crippen LogP contribution in [0.1, 0.15) is 13.3 Å². The highest BCUT2D eigenvalue weighted by Gasteiger charge is 2.32. The third-order valence-corrected chi connectivity index (χ3v) is 3.40. The van der Waals surface area contributed by atoms with E-state index in [1.165, 1.54) is 0 Å². The van der Waals surface area contributed by atoms with Crippen LogP contribution in [0.15, 0.2) is 24.8 Å². The Bertz CT molecular complexity index is 542. The summed E-state index contributed by atoms with van der Waals surface area (Å²) in [5.74, 6) is 1.46. The van der Waals surface area contributed by atoms with Gasteiger partial charge in [0.15, 0.2) is 11.5 Å². The molecule has 0 saturated heterocycles. The second-order valence-electron chi connectivity index (χ2n) is 4.57. The minimum absolute atomic E-state index is 0.0637. The average molecular weight is 260 g/mol. The Kier molecular flexibility index (Phi) is 2.81. The SMILES string of the molecule is C=CCN1C(=O)C(CC)Nc2cc3c(cc21)OCO3. The van der Waals surface area contributed by atoms with Crippen LogP contribution in [-0.2, 0) is 4.79 Å². The molecule has 1 atom stereocenters. The standard InChI is InChI=1S/C14H16N2O3/c1-3-5-16-11-7-13-12(18-8-19-13)6-10(11)15-9(4-2)14(16)17/h3,6-7,9,15H,1,4-5,8H2,2H3. The molecule has 100 valence electrons. The first kappa shape index (κ1) is 11.9. The number of nitrogens with one attached hydrogen (secondary N) is 1. The number of amides is 1. The molecule has 5 nitrogen and oxygen atoms in total. The van der Waals surface area contributed by atoms with Crippen molar-refractivity contribution < 1.29 is 14.3 Å². The summed E-state index contributed by atoms with van der Waals surface area (Å²) in [5, 5.41) is 3.25. The van der Waals surface area contributed by atoms with Crippen molar-refractivity contribution in [2.45, 2.75) is 19.4 Å². The summed E-state index contributed by atoms with van der Waals surface area (Å²) in [4.78, 5) is 14.1. The Labute approximate surface area is 111 Å². The Morgan fingerprint density at radius 2 is 2.21 bits per heavy atom. The normalized spacial score (nSPS) is 19.9. The van der Waals surface area contributed by atoms with Crippen molar-refractivity contribution in [2.24, 2.45) is 0 Å². The molecule has 0 aromatic heterocycles. The molecule has 1 N–H and O–H groups in total. The Balaban J connectivity index is 2.07. The minimum Gasteiger partial charge on any atom is -0.454 e. The molecule has 2 heterocycles. The van der Waals surface area contributed by atoms with Crippen LogP contribution >= 0.6 is 0 Å². The largest absolute Gasteiger partial charge is 0.454 e. The molecule has 2 aliphatic heterocycles. The molecule has 1 amide bonds. The zero-order chi connectivity index (χ0) is 13.4. The Hall–Kier alpha value is -2.17. The number of hydrogen-bond acceptors (Lipinski definition) is 4. The molecular formula is C14H16N2O3. The number of nitrogens with zero attached hydrogens (tertiary/aromatic N) is 1. The van der Waals surface area contributed by atoms with Gasteiger partial charge in [-0.25, -0.2) is 0 Å². The molecule has 19 heavy (non-hydrogen) atoms. The van der Waals surface area contributed by atoms with Gasteiger partial charge in [-0.1, -0.05) is 13.0 Å². The van der Waals surface area contributed by atoms with Gasteiger partial charge < -0.3 is 19.7 Å². The lowest BCUT2D eigenvalue weighted by Gasteiger charge is -2.34. The van der Waals surface area contributed by atoms with Crippen LogP contribution in [0, 0.1) is 0 Å². The third kappa shape index (κ3) is 1.82. The lowest BCUT2D eigenvalue weighted by Crippen LogP contribution is -2.46. The van der Waals surface area contributed by atoms with Gasteiger partial charge >= 0.3 is 0 Å². The first-order valence-electron chi connectivity index (χ1n) is 6.37. The van der Waals surface area contributed by atoms with Gasteiger partial charge in [0.1, 0.15) is 6.04 Å². The van der Waals surface area contributed by atoms with E-state index in [0.717, 1.165) is 17.8 Å². The van der Waals surface area contributed by atoms with E-state index in [9.17, 15) is 4.79 Å². The molecule has 0 spiro atoms. The van der Waals surface area contributed by atoms with E-state index in [0.29, 0.717) is 18.0 Å². The van der Waals surface area contributed by atoms with Crippen LogP contribution in [0.25, 0.3) is 0 Å². The van der Waals surface area contributed by atoms with Crippen molar-refractivity contribution >= 4 is 17.3 Å². The molecule has 3 rings (SSSR count). The van der Waals surface area contributed by atoms with Crippen molar-refractivity contribution in [1.82, 2.24) is 0 Å². The maximum Gasteiger partial charge on any atom is 0.249 e. The van der Waals surface area contributed by atoms with Crippen LogP contribution in [-0.4, -0.2) is 25.3 Å². The van der Waals surface area contributed by atoms with Crippen LogP contribution < -0.4 is 19.7 Å².